The van der Waals surface area contributed by atoms with E-state index >= 15 is 0 Å². The summed E-state index contributed by atoms with van der Waals surface area (Å²) in [5.74, 6) is 2.10. The highest BCUT2D eigenvalue weighted by molar-refractivity contribution is 7.98. The van der Waals surface area contributed by atoms with Gasteiger partial charge in [0.1, 0.15) is 6.26 Å². The van der Waals surface area contributed by atoms with Crippen molar-refractivity contribution in [2.75, 3.05) is 5.75 Å². The van der Waals surface area contributed by atoms with Gasteiger partial charge in [-0.2, -0.15) is 11.8 Å². The quantitative estimate of drug-likeness (QED) is 0.646. The Kier molecular flexibility index (Phi) is 2.64. The molecule has 1 heterocycles. The van der Waals surface area contributed by atoms with Gasteiger partial charge in [0.25, 0.3) is 0 Å². The Labute approximate surface area is 58.6 Å². The van der Waals surface area contributed by atoms with Crippen molar-refractivity contribution < 1.29 is 4.52 Å². The van der Waals surface area contributed by atoms with E-state index in [2.05, 4.69) is 16.6 Å². The first-order chi connectivity index (χ1) is 4.43. The van der Waals surface area contributed by atoms with Gasteiger partial charge in [-0.25, -0.2) is 0 Å². The molecule has 0 spiro atoms. The van der Waals surface area contributed by atoms with Gasteiger partial charge in [0.2, 0.25) is 0 Å². The summed E-state index contributed by atoms with van der Waals surface area (Å²) >= 11 is 1.84. The number of thioether (sulfide) groups is 1. The fraction of sp³-hybridized carbons (Fsp3) is 0.500. The lowest BCUT2D eigenvalue weighted by Crippen LogP contribution is -1.77. The summed E-state index contributed by atoms with van der Waals surface area (Å²) in [6.07, 6.45) is 1.60. The summed E-state index contributed by atoms with van der Waals surface area (Å²) in [6, 6.07) is 1.89. The maximum absolute atomic E-state index is 4.65. The zero-order valence-electron chi connectivity index (χ0n) is 5.33. The molecule has 1 aromatic heterocycles. The largest absolute Gasteiger partial charge is 0.364 e. The third-order valence-electron chi connectivity index (χ3n) is 0.945. The van der Waals surface area contributed by atoms with Gasteiger partial charge in [-0.15, -0.1) is 0 Å². The molecule has 2 nitrogen and oxygen atoms in total. The summed E-state index contributed by atoms with van der Waals surface area (Å²) in [7, 11) is 0. The van der Waals surface area contributed by atoms with Crippen molar-refractivity contribution in [1.82, 2.24) is 5.16 Å². The monoisotopic (exact) mass is 143 g/mol. The van der Waals surface area contributed by atoms with Crippen molar-refractivity contribution in [2.45, 2.75) is 12.7 Å². The second kappa shape index (κ2) is 3.56. The minimum atomic E-state index is 0.965. The topological polar surface area (TPSA) is 26.0 Å². The molecular formula is C6H9NOS. The Morgan fingerprint density at radius 1 is 1.78 bits per heavy atom. The van der Waals surface area contributed by atoms with E-state index in [0.29, 0.717) is 0 Å². The SMILES string of the molecule is CCSCc1ccon1. The van der Waals surface area contributed by atoms with Crippen LogP contribution >= 0.6 is 11.8 Å². The fourth-order valence-corrected chi connectivity index (χ4v) is 1.08. The van der Waals surface area contributed by atoms with E-state index in [4.69, 9.17) is 0 Å². The van der Waals surface area contributed by atoms with Crippen LogP contribution in [0.2, 0.25) is 0 Å². The molecule has 0 radical (unpaired) electrons. The Bertz CT molecular complexity index is 150. The lowest BCUT2D eigenvalue weighted by Gasteiger charge is -1.88. The molecular weight excluding hydrogens is 134 g/mol. The molecule has 0 amide bonds. The third-order valence-corrected chi connectivity index (χ3v) is 1.85. The molecule has 0 saturated carbocycles. The van der Waals surface area contributed by atoms with Crippen molar-refractivity contribution in [3.8, 4) is 0 Å². The van der Waals surface area contributed by atoms with E-state index in [1.165, 1.54) is 0 Å². The van der Waals surface area contributed by atoms with Crippen LogP contribution in [-0.2, 0) is 5.75 Å². The van der Waals surface area contributed by atoms with Crippen molar-refractivity contribution in [1.29, 1.82) is 0 Å². The van der Waals surface area contributed by atoms with Gasteiger partial charge >= 0.3 is 0 Å². The molecule has 0 fully saturated rings. The van der Waals surface area contributed by atoms with Crippen LogP contribution < -0.4 is 0 Å². The lowest BCUT2D eigenvalue weighted by molar-refractivity contribution is 0.414. The number of aromatic nitrogens is 1. The van der Waals surface area contributed by atoms with Crippen molar-refractivity contribution in [2.24, 2.45) is 0 Å². The van der Waals surface area contributed by atoms with E-state index in [-0.39, 0.29) is 0 Å². The molecule has 0 unspecified atom stereocenters. The maximum atomic E-state index is 4.65. The summed E-state index contributed by atoms with van der Waals surface area (Å²) < 4.78 is 4.65. The highest BCUT2D eigenvalue weighted by Gasteiger charge is 1.92. The van der Waals surface area contributed by atoms with Crippen LogP contribution in [0.1, 0.15) is 12.6 Å². The van der Waals surface area contributed by atoms with Crippen LogP contribution in [0.15, 0.2) is 16.9 Å². The minimum absolute atomic E-state index is 0.965. The molecule has 0 aliphatic carbocycles. The molecule has 0 aromatic carbocycles. The minimum Gasteiger partial charge on any atom is -0.364 e. The van der Waals surface area contributed by atoms with Gasteiger partial charge in [0.15, 0.2) is 0 Å². The first-order valence-corrected chi connectivity index (χ1v) is 4.06. The first kappa shape index (κ1) is 6.68. The molecule has 0 N–H and O–H groups in total. The van der Waals surface area contributed by atoms with Gasteiger partial charge < -0.3 is 4.52 Å². The van der Waals surface area contributed by atoms with Crippen LogP contribution in [0.3, 0.4) is 0 Å². The molecule has 3 heteroatoms. The second-order valence-electron chi connectivity index (χ2n) is 1.63. The van der Waals surface area contributed by atoms with Gasteiger partial charge in [-0.05, 0) is 5.75 Å². The number of hydrogen-bond acceptors (Lipinski definition) is 3. The van der Waals surface area contributed by atoms with Crippen LogP contribution in [0.4, 0.5) is 0 Å². The zero-order valence-corrected chi connectivity index (χ0v) is 6.15. The molecule has 0 aliphatic heterocycles. The standard InChI is InChI=1S/C6H9NOS/c1-2-9-5-6-3-4-8-7-6/h3-4H,2,5H2,1H3. The van der Waals surface area contributed by atoms with E-state index < -0.39 is 0 Å². The van der Waals surface area contributed by atoms with Crippen LogP contribution in [0, 0.1) is 0 Å². The van der Waals surface area contributed by atoms with Gasteiger partial charge in [0.05, 0.1) is 5.69 Å². The molecule has 0 bridgehead atoms. The molecule has 0 atom stereocenters. The van der Waals surface area contributed by atoms with E-state index in [9.17, 15) is 0 Å². The Morgan fingerprint density at radius 2 is 2.67 bits per heavy atom. The zero-order chi connectivity index (χ0) is 6.53. The Balaban J connectivity index is 2.30. The highest BCUT2D eigenvalue weighted by Crippen LogP contribution is 2.07. The highest BCUT2D eigenvalue weighted by atomic mass is 32.2. The maximum Gasteiger partial charge on any atom is 0.124 e. The van der Waals surface area contributed by atoms with Crippen LogP contribution in [-0.4, -0.2) is 10.9 Å². The predicted molar refractivity (Wildman–Crippen MR) is 38.3 cm³/mol. The first-order valence-electron chi connectivity index (χ1n) is 2.90. The second-order valence-corrected chi connectivity index (χ2v) is 2.90. The molecule has 0 saturated heterocycles. The molecule has 50 valence electrons. The summed E-state index contributed by atoms with van der Waals surface area (Å²) in [6.45, 7) is 2.13. The fourth-order valence-electron chi connectivity index (χ4n) is 0.519. The molecule has 1 rings (SSSR count). The number of nitrogens with zero attached hydrogens (tertiary/aromatic N) is 1. The Hall–Kier alpha value is -0.440. The van der Waals surface area contributed by atoms with E-state index in [1.807, 2.05) is 17.8 Å². The summed E-state index contributed by atoms with van der Waals surface area (Å²) in [4.78, 5) is 0. The molecule has 0 aliphatic rings. The molecule has 1 aromatic rings. The number of rotatable bonds is 3. The number of hydrogen-bond donors (Lipinski definition) is 0. The van der Waals surface area contributed by atoms with Gasteiger partial charge in [0, 0.05) is 11.8 Å². The summed E-state index contributed by atoms with van der Waals surface area (Å²) in [5, 5.41) is 3.76. The third kappa shape index (κ3) is 2.10. The van der Waals surface area contributed by atoms with E-state index in [1.54, 1.807) is 6.26 Å². The smallest absolute Gasteiger partial charge is 0.124 e. The van der Waals surface area contributed by atoms with Crippen LogP contribution in [0.25, 0.3) is 0 Å². The van der Waals surface area contributed by atoms with Gasteiger partial charge in [-0.3, -0.25) is 0 Å². The van der Waals surface area contributed by atoms with E-state index in [0.717, 1.165) is 17.2 Å². The van der Waals surface area contributed by atoms with Crippen molar-refractivity contribution in [3.63, 3.8) is 0 Å². The van der Waals surface area contributed by atoms with Crippen LogP contribution in [0.5, 0.6) is 0 Å². The summed E-state index contributed by atoms with van der Waals surface area (Å²) in [5.41, 5.74) is 1.03. The Morgan fingerprint density at radius 3 is 3.22 bits per heavy atom. The van der Waals surface area contributed by atoms with Gasteiger partial charge in [-0.1, -0.05) is 12.1 Å². The molecule has 9 heavy (non-hydrogen) atoms. The average Bonchev–Trinajstić information content (AvgIpc) is 2.34. The van der Waals surface area contributed by atoms with Crippen molar-refractivity contribution in [3.05, 3.63) is 18.0 Å². The normalized spacial score (nSPS) is 9.89. The van der Waals surface area contributed by atoms with Crippen molar-refractivity contribution >= 4 is 11.8 Å². The average molecular weight is 143 g/mol. The predicted octanol–water partition coefficient (Wildman–Crippen LogP) is 1.93. The lowest BCUT2D eigenvalue weighted by atomic mass is 10.5.